The van der Waals surface area contributed by atoms with Gasteiger partial charge in [-0.15, -0.1) is 12.4 Å². The fourth-order valence-corrected chi connectivity index (χ4v) is 2.86. The standard InChI is InChI=1S/C17H19N5O2.ClH/c1-11-4-5-14(23-2)13(10-11)22-9-6-12(20-22)15-19-16(21-24-15)17(18)7-3-8-17;/h4-6,9-10H,3,7-8,18H2,1-2H3;1H. The van der Waals surface area contributed by atoms with Crippen molar-refractivity contribution in [3.8, 4) is 23.0 Å². The van der Waals surface area contributed by atoms with Crippen LogP contribution in [0, 0.1) is 6.92 Å². The van der Waals surface area contributed by atoms with Crippen LogP contribution in [0.15, 0.2) is 35.0 Å². The second kappa shape index (κ2) is 6.50. The van der Waals surface area contributed by atoms with Crippen LogP contribution < -0.4 is 10.5 Å². The van der Waals surface area contributed by atoms with Crippen LogP contribution in [0.5, 0.6) is 5.75 Å². The number of nitrogens with zero attached hydrogens (tertiary/aromatic N) is 4. The van der Waals surface area contributed by atoms with Crippen LogP contribution in [0.1, 0.15) is 30.7 Å². The third kappa shape index (κ3) is 3.01. The topological polar surface area (TPSA) is 92.0 Å². The molecule has 3 aromatic rings. The largest absolute Gasteiger partial charge is 0.494 e. The molecule has 0 radical (unpaired) electrons. The molecule has 7 nitrogen and oxygen atoms in total. The van der Waals surface area contributed by atoms with Gasteiger partial charge in [-0.25, -0.2) is 4.68 Å². The maximum atomic E-state index is 6.24. The van der Waals surface area contributed by atoms with Crippen molar-refractivity contribution < 1.29 is 9.26 Å². The van der Waals surface area contributed by atoms with Gasteiger partial charge < -0.3 is 15.0 Å². The molecule has 8 heteroatoms. The van der Waals surface area contributed by atoms with Gasteiger partial charge in [-0.2, -0.15) is 10.1 Å². The predicted octanol–water partition coefficient (Wildman–Crippen LogP) is 3.00. The lowest BCUT2D eigenvalue weighted by molar-refractivity contribution is 0.229. The maximum absolute atomic E-state index is 6.24. The number of rotatable bonds is 4. The van der Waals surface area contributed by atoms with E-state index in [2.05, 4.69) is 15.2 Å². The van der Waals surface area contributed by atoms with E-state index in [9.17, 15) is 0 Å². The van der Waals surface area contributed by atoms with Crippen LogP contribution in [-0.4, -0.2) is 27.0 Å². The minimum Gasteiger partial charge on any atom is -0.494 e. The van der Waals surface area contributed by atoms with Crippen molar-refractivity contribution in [2.75, 3.05) is 7.11 Å². The van der Waals surface area contributed by atoms with Crippen LogP contribution in [0.25, 0.3) is 17.3 Å². The molecule has 0 unspecified atom stereocenters. The molecule has 2 N–H and O–H groups in total. The van der Waals surface area contributed by atoms with Crippen molar-refractivity contribution in [2.24, 2.45) is 5.73 Å². The van der Waals surface area contributed by atoms with Crippen molar-refractivity contribution in [3.05, 3.63) is 41.9 Å². The number of aryl methyl sites for hydroxylation is 1. The number of aromatic nitrogens is 4. The first-order chi connectivity index (χ1) is 11.6. The summed E-state index contributed by atoms with van der Waals surface area (Å²) in [6.07, 6.45) is 4.72. The summed E-state index contributed by atoms with van der Waals surface area (Å²) in [6, 6.07) is 7.77. The fourth-order valence-electron chi connectivity index (χ4n) is 2.86. The molecule has 2 heterocycles. The highest BCUT2D eigenvalue weighted by Gasteiger charge is 2.39. The lowest BCUT2D eigenvalue weighted by Crippen LogP contribution is -2.44. The molecule has 1 aromatic carbocycles. The SMILES string of the molecule is COc1ccc(C)cc1-n1ccc(-c2nc(C3(N)CCC3)no2)n1.Cl. The van der Waals surface area contributed by atoms with E-state index < -0.39 is 5.54 Å². The molecular formula is C17H20ClN5O2. The molecule has 1 aliphatic carbocycles. The first-order valence-corrected chi connectivity index (χ1v) is 7.93. The third-order valence-corrected chi connectivity index (χ3v) is 4.51. The molecule has 0 atom stereocenters. The van der Waals surface area contributed by atoms with Crippen LogP contribution in [-0.2, 0) is 5.54 Å². The Hall–Kier alpha value is -2.38. The van der Waals surface area contributed by atoms with Gasteiger partial charge in [-0.05, 0) is 49.9 Å². The summed E-state index contributed by atoms with van der Waals surface area (Å²) in [6.45, 7) is 2.02. The van der Waals surface area contributed by atoms with E-state index in [0.717, 1.165) is 36.3 Å². The minimum absolute atomic E-state index is 0. The number of halogens is 1. The molecule has 0 aliphatic heterocycles. The number of methoxy groups -OCH3 is 1. The Balaban J connectivity index is 0.00000182. The van der Waals surface area contributed by atoms with Gasteiger partial charge in [-0.3, -0.25) is 0 Å². The van der Waals surface area contributed by atoms with Gasteiger partial charge in [0.2, 0.25) is 0 Å². The number of hydrogen-bond donors (Lipinski definition) is 1. The molecule has 132 valence electrons. The van der Waals surface area contributed by atoms with E-state index in [1.807, 2.05) is 37.4 Å². The average molecular weight is 362 g/mol. The quantitative estimate of drug-likeness (QED) is 0.768. The van der Waals surface area contributed by atoms with Gasteiger partial charge in [0.05, 0.1) is 12.6 Å². The maximum Gasteiger partial charge on any atom is 0.278 e. The lowest BCUT2D eigenvalue weighted by Gasteiger charge is -2.34. The Morgan fingerprint density at radius 2 is 2.08 bits per heavy atom. The first kappa shape index (κ1) is 17.4. The highest BCUT2D eigenvalue weighted by molar-refractivity contribution is 5.85. The number of benzene rings is 1. The summed E-state index contributed by atoms with van der Waals surface area (Å²) in [5, 5.41) is 8.57. The average Bonchev–Trinajstić information content (AvgIpc) is 3.21. The number of ether oxygens (including phenoxy) is 1. The highest BCUT2D eigenvalue weighted by Crippen LogP contribution is 2.37. The fraction of sp³-hybridized carbons (Fsp3) is 0.353. The Labute approximate surface area is 151 Å². The summed E-state index contributed by atoms with van der Waals surface area (Å²) < 4.78 is 12.5. The summed E-state index contributed by atoms with van der Waals surface area (Å²) in [4.78, 5) is 4.43. The van der Waals surface area contributed by atoms with Gasteiger partial charge in [-0.1, -0.05) is 11.2 Å². The van der Waals surface area contributed by atoms with Gasteiger partial charge >= 0.3 is 0 Å². The van der Waals surface area contributed by atoms with E-state index in [1.54, 1.807) is 11.8 Å². The van der Waals surface area contributed by atoms with Crippen LogP contribution in [0.4, 0.5) is 0 Å². The van der Waals surface area contributed by atoms with E-state index >= 15 is 0 Å². The molecule has 0 spiro atoms. The predicted molar refractivity (Wildman–Crippen MR) is 95.1 cm³/mol. The molecule has 2 aromatic heterocycles. The Morgan fingerprint density at radius 3 is 2.76 bits per heavy atom. The Bertz CT molecular complexity index is 885. The highest BCUT2D eigenvalue weighted by atomic mass is 35.5. The zero-order chi connectivity index (χ0) is 16.7. The second-order valence-electron chi connectivity index (χ2n) is 6.25. The van der Waals surface area contributed by atoms with E-state index in [-0.39, 0.29) is 12.4 Å². The number of nitrogens with two attached hydrogens (primary N) is 1. The minimum atomic E-state index is -0.440. The van der Waals surface area contributed by atoms with Gasteiger partial charge in [0, 0.05) is 6.20 Å². The summed E-state index contributed by atoms with van der Waals surface area (Å²) in [7, 11) is 1.64. The molecule has 0 saturated heterocycles. The molecule has 0 amide bonds. The van der Waals surface area contributed by atoms with E-state index in [1.165, 1.54) is 0 Å². The summed E-state index contributed by atoms with van der Waals surface area (Å²) in [5.74, 6) is 1.69. The Morgan fingerprint density at radius 1 is 1.28 bits per heavy atom. The van der Waals surface area contributed by atoms with Crippen LogP contribution >= 0.6 is 12.4 Å². The summed E-state index contributed by atoms with van der Waals surface area (Å²) >= 11 is 0. The van der Waals surface area contributed by atoms with Crippen molar-refractivity contribution in [1.82, 2.24) is 19.9 Å². The van der Waals surface area contributed by atoms with Crippen LogP contribution in [0.3, 0.4) is 0 Å². The molecule has 0 bridgehead atoms. The van der Waals surface area contributed by atoms with E-state index in [4.69, 9.17) is 15.0 Å². The molecule has 1 saturated carbocycles. The molecule has 1 fully saturated rings. The molecular weight excluding hydrogens is 342 g/mol. The van der Waals surface area contributed by atoms with Gasteiger partial charge in [0.1, 0.15) is 11.4 Å². The second-order valence-corrected chi connectivity index (χ2v) is 6.25. The van der Waals surface area contributed by atoms with Gasteiger partial charge in [0.15, 0.2) is 11.5 Å². The molecule has 4 rings (SSSR count). The van der Waals surface area contributed by atoms with Crippen molar-refractivity contribution in [2.45, 2.75) is 31.7 Å². The zero-order valence-corrected chi connectivity index (χ0v) is 14.9. The molecule has 25 heavy (non-hydrogen) atoms. The Kier molecular flexibility index (Phi) is 4.53. The van der Waals surface area contributed by atoms with Crippen molar-refractivity contribution in [3.63, 3.8) is 0 Å². The monoisotopic (exact) mass is 361 g/mol. The van der Waals surface area contributed by atoms with Crippen LogP contribution in [0.2, 0.25) is 0 Å². The molecule has 1 aliphatic rings. The smallest absolute Gasteiger partial charge is 0.278 e. The summed E-state index contributed by atoms with van der Waals surface area (Å²) in [5.41, 5.74) is 8.39. The van der Waals surface area contributed by atoms with E-state index in [0.29, 0.717) is 17.4 Å². The normalized spacial score (nSPS) is 15.3. The van der Waals surface area contributed by atoms with Crippen molar-refractivity contribution >= 4 is 12.4 Å². The third-order valence-electron chi connectivity index (χ3n) is 4.51. The zero-order valence-electron chi connectivity index (χ0n) is 14.1. The van der Waals surface area contributed by atoms with Gasteiger partial charge in [0.25, 0.3) is 5.89 Å². The lowest BCUT2D eigenvalue weighted by atomic mass is 9.77. The first-order valence-electron chi connectivity index (χ1n) is 7.93. The van der Waals surface area contributed by atoms with Crippen molar-refractivity contribution in [1.29, 1.82) is 0 Å². The number of hydrogen-bond acceptors (Lipinski definition) is 6.